The van der Waals surface area contributed by atoms with Crippen molar-refractivity contribution in [2.45, 2.75) is 25.3 Å². The molecule has 98 valence electrons. The fourth-order valence-corrected chi connectivity index (χ4v) is 2.20. The summed E-state index contributed by atoms with van der Waals surface area (Å²) >= 11 is 0. The first kappa shape index (κ1) is 12.2. The lowest BCUT2D eigenvalue weighted by Gasteiger charge is -2.09. The smallest absolute Gasteiger partial charge is 0.149 e. The lowest BCUT2D eigenvalue weighted by Crippen LogP contribution is -2.02. The van der Waals surface area contributed by atoms with Crippen LogP contribution >= 0.6 is 0 Å². The third-order valence-electron chi connectivity index (χ3n) is 3.41. The Morgan fingerprint density at radius 3 is 2.63 bits per heavy atom. The van der Waals surface area contributed by atoms with Crippen LogP contribution in [0.15, 0.2) is 42.5 Å². The zero-order chi connectivity index (χ0) is 13.2. The van der Waals surface area contributed by atoms with Crippen LogP contribution in [0, 0.1) is 11.6 Å². The fraction of sp³-hybridized carbons (Fsp3) is 0.250. The highest BCUT2D eigenvalue weighted by Crippen LogP contribution is 2.40. The first-order valence-electron chi connectivity index (χ1n) is 6.50. The summed E-state index contributed by atoms with van der Waals surface area (Å²) in [7, 11) is 0. The summed E-state index contributed by atoms with van der Waals surface area (Å²) in [5.74, 6) is -0.403. The van der Waals surface area contributed by atoms with Crippen LogP contribution in [0.4, 0.5) is 14.5 Å². The SMILES string of the molecule is Fc1ccc(NCc2cccc(C3CC3)c2)c(F)c1. The van der Waals surface area contributed by atoms with Crippen LogP contribution in [0.5, 0.6) is 0 Å². The number of benzene rings is 2. The van der Waals surface area contributed by atoms with Crippen LogP contribution in [-0.4, -0.2) is 0 Å². The molecular formula is C16H15F2N. The van der Waals surface area contributed by atoms with Gasteiger partial charge < -0.3 is 5.32 Å². The van der Waals surface area contributed by atoms with Crippen LogP contribution in [0.1, 0.15) is 29.9 Å². The highest BCUT2D eigenvalue weighted by atomic mass is 19.1. The molecule has 2 aromatic rings. The second kappa shape index (κ2) is 5.00. The predicted octanol–water partition coefficient (Wildman–Crippen LogP) is 4.45. The Morgan fingerprint density at radius 2 is 1.89 bits per heavy atom. The van der Waals surface area contributed by atoms with Crippen molar-refractivity contribution in [3.63, 3.8) is 0 Å². The van der Waals surface area contributed by atoms with E-state index < -0.39 is 11.6 Å². The normalized spacial score (nSPS) is 14.4. The Bertz CT molecular complexity index is 591. The molecule has 19 heavy (non-hydrogen) atoms. The Kier molecular flexibility index (Phi) is 3.20. The molecule has 0 radical (unpaired) electrons. The van der Waals surface area contributed by atoms with Crippen molar-refractivity contribution >= 4 is 5.69 Å². The molecule has 1 saturated carbocycles. The molecule has 3 heteroatoms. The first-order chi connectivity index (χ1) is 9.22. The van der Waals surface area contributed by atoms with E-state index in [9.17, 15) is 8.78 Å². The summed E-state index contributed by atoms with van der Waals surface area (Å²) in [6.07, 6.45) is 2.53. The number of hydrogen-bond donors (Lipinski definition) is 1. The maximum absolute atomic E-state index is 13.5. The lowest BCUT2D eigenvalue weighted by atomic mass is 10.1. The Morgan fingerprint density at radius 1 is 1.05 bits per heavy atom. The van der Waals surface area contributed by atoms with Gasteiger partial charge in [0.1, 0.15) is 11.6 Å². The van der Waals surface area contributed by atoms with Gasteiger partial charge in [0, 0.05) is 12.6 Å². The minimum atomic E-state index is -0.557. The van der Waals surface area contributed by atoms with Gasteiger partial charge in [-0.1, -0.05) is 24.3 Å². The molecule has 1 N–H and O–H groups in total. The molecular weight excluding hydrogens is 244 g/mol. The third-order valence-corrected chi connectivity index (χ3v) is 3.41. The Hall–Kier alpha value is -1.90. The van der Waals surface area contributed by atoms with Gasteiger partial charge in [0.2, 0.25) is 0 Å². The molecule has 0 aliphatic heterocycles. The van der Waals surface area contributed by atoms with E-state index in [2.05, 4.69) is 17.4 Å². The van der Waals surface area contributed by atoms with Gasteiger partial charge >= 0.3 is 0 Å². The largest absolute Gasteiger partial charge is 0.379 e. The molecule has 0 bridgehead atoms. The maximum Gasteiger partial charge on any atom is 0.149 e. The minimum absolute atomic E-state index is 0.332. The van der Waals surface area contributed by atoms with Gasteiger partial charge in [0.15, 0.2) is 0 Å². The van der Waals surface area contributed by atoms with Gasteiger partial charge in [-0.3, -0.25) is 0 Å². The third kappa shape index (κ3) is 2.92. The number of hydrogen-bond acceptors (Lipinski definition) is 1. The number of halogens is 2. The van der Waals surface area contributed by atoms with Gasteiger partial charge in [-0.2, -0.15) is 0 Å². The van der Waals surface area contributed by atoms with Crippen molar-refractivity contribution < 1.29 is 8.78 Å². The molecule has 2 aromatic carbocycles. The van der Waals surface area contributed by atoms with Gasteiger partial charge in [-0.15, -0.1) is 0 Å². The topological polar surface area (TPSA) is 12.0 Å². The second-order valence-electron chi connectivity index (χ2n) is 5.00. The zero-order valence-corrected chi connectivity index (χ0v) is 10.5. The van der Waals surface area contributed by atoms with Crippen molar-refractivity contribution in [1.82, 2.24) is 0 Å². The molecule has 0 unspecified atom stereocenters. The Labute approximate surface area is 111 Å². The van der Waals surface area contributed by atoms with E-state index in [0.717, 1.165) is 11.6 Å². The highest BCUT2D eigenvalue weighted by molar-refractivity contribution is 5.45. The maximum atomic E-state index is 13.5. The number of rotatable bonds is 4. The highest BCUT2D eigenvalue weighted by Gasteiger charge is 2.23. The molecule has 0 aromatic heterocycles. The molecule has 0 heterocycles. The van der Waals surface area contributed by atoms with Crippen LogP contribution < -0.4 is 5.32 Å². The first-order valence-corrected chi connectivity index (χ1v) is 6.50. The molecule has 3 rings (SSSR count). The summed E-state index contributed by atoms with van der Waals surface area (Å²) in [6, 6.07) is 11.9. The van der Waals surface area contributed by atoms with E-state index in [-0.39, 0.29) is 0 Å². The average Bonchev–Trinajstić information content (AvgIpc) is 3.22. The van der Waals surface area contributed by atoms with E-state index in [1.807, 2.05) is 12.1 Å². The van der Waals surface area contributed by atoms with Crippen molar-refractivity contribution in [2.24, 2.45) is 0 Å². The van der Waals surface area contributed by atoms with Gasteiger partial charge in [-0.25, -0.2) is 8.78 Å². The van der Waals surface area contributed by atoms with E-state index in [1.54, 1.807) is 0 Å². The summed E-state index contributed by atoms with van der Waals surface area (Å²) < 4.78 is 26.3. The van der Waals surface area contributed by atoms with Crippen LogP contribution in [0.25, 0.3) is 0 Å². The molecule has 0 atom stereocenters. The fourth-order valence-electron chi connectivity index (χ4n) is 2.20. The van der Waals surface area contributed by atoms with Crippen LogP contribution in [0.2, 0.25) is 0 Å². The van der Waals surface area contributed by atoms with Crippen molar-refractivity contribution in [3.05, 3.63) is 65.2 Å². The summed E-state index contributed by atoms with van der Waals surface area (Å²) in [5, 5.41) is 3.00. The zero-order valence-electron chi connectivity index (χ0n) is 10.5. The van der Waals surface area contributed by atoms with Crippen molar-refractivity contribution in [1.29, 1.82) is 0 Å². The average molecular weight is 259 g/mol. The molecule has 0 saturated heterocycles. The van der Waals surface area contributed by atoms with Crippen molar-refractivity contribution in [2.75, 3.05) is 5.32 Å². The summed E-state index contributed by atoms with van der Waals surface area (Å²) in [4.78, 5) is 0. The molecule has 1 fully saturated rings. The van der Waals surface area contributed by atoms with Crippen LogP contribution in [0.3, 0.4) is 0 Å². The molecule has 1 aliphatic rings. The molecule has 0 amide bonds. The van der Waals surface area contributed by atoms with Gasteiger partial charge in [-0.05, 0) is 42.0 Å². The summed E-state index contributed by atoms with van der Waals surface area (Å²) in [5.41, 5.74) is 2.81. The minimum Gasteiger partial charge on any atom is -0.379 e. The second-order valence-corrected chi connectivity index (χ2v) is 5.00. The van der Waals surface area contributed by atoms with E-state index in [1.165, 1.54) is 30.5 Å². The van der Waals surface area contributed by atoms with Gasteiger partial charge in [0.25, 0.3) is 0 Å². The van der Waals surface area contributed by atoms with E-state index in [0.29, 0.717) is 18.2 Å². The summed E-state index contributed by atoms with van der Waals surface area (Å²) in [6.45, 7) is 0.545. The predicted molar refractivity (Wildman–Crippen MR) is 72.1 cm³/mol. The van der Waals surface area contributed by atoms with Crippen molar-refractivity contribution in [3.8, 4) is 0 Å². The quantitative estimate of drug-likeness (QED) is 0.855. The van der Waals surface area contributed by atoms with E-state index >= 15 is 0 Å². The Balaban J connectivity index is 1.69. The lowest BCUT2D eigenvalue weighted by molar-refractivity contribution is 0.585. The number of nitrogens with one attached hydrogen (secondary N) is 1. The van der Waals surface area contributed by atoms with Gasteiger partial charge in [0.05, 0.1) is 5.69 Å². The standard InChI is InChI=1S/C16H15F2N/c17-14-6-7-16(15(18)9-14)19-10-11-2-1-3-13(8-11)12-4-5-12/h1-3,6-9,12,19H,4-5,10H2. The molecule has 0 spiro atoms. The monoisotopic (exact) mass is 259 g/mol. The number of anilines is 1. The molecule has 1 nitrogen and oxygen atoms in total. The molecule has 1 aliphatic carbocycles. The van der Waals surface area contributed by atoms with E-state index in [4.69, 9.17) is 0 Å². The van der Waals surface area contributed by atoms with Crippen LogP contribution in [-0.2, 0) is 6.54 Å².